The highest BCUT2D eigenvalue weighted by molar-refractivity contribution is 5.50. The topological polar surface area (TPSA) is 12.5 Å². The quantitative estimate of drug-likeness (QED) is 0.762. The number of hydrogen-bond acceptors (Lipinski definition) is 2. The molecule has 0 radical (unpaired) electrons. The van der Waals surface area contributed by atoms with E-state index in [9.17, 15) is 0 Å². The summed E-state index contributed by atoms with van der Waals surface area (Å²) < 4.78 is 6.02. The van der Waals surface area contributed by atoms with Gasteiger partial charge in [-0.15, -0.1) is 0 Å². The average molecular weight is 269 g/mol. The third kappa shape index (κ3) is 3.13. The first-order chi connectivity index (χ1) is 9.65. The maximum atomic E-state index is 6.02. The predicted molar refractivity (Wildman–Crippen MR) is 86.0 cm³/mol. The molecule has 20 heavy (non-hydrogen) atoms. The monoisotopic (exact) mass is 269 g/mol. The van der Waals surface area contributed by atoms with E-state index in [-0.39, 0.29) is 0 Å². The Morgan fingerprint density at radius 3 is 1.90 bits per heavy atom. The molecule has 0 aliphatic rings. The van der Waals surface area contributed by atoms with Crippen molar-refractivity contribution in [2.75, 3.05) is 18.0 Å². The molecule has 0 heterocycles. The Bertz CT molecular complexity index is 536. The summed E-state index contributed by atoms with van der Waals surface area (Å²) in [5.41, 5.74) is 3.57. The minimum Gasteiger partial charge on any atom is -0.457 e. The van der Waals surface area contributed by atoms with Crippen LogP contribution >= 0.6 is 0 Å². The van der Waals surface area contributed by atoms with Crippen LogP contribution < -0.4 is 9.64 Å². The van der Waals surface area contributed by atoms with E-state index in [2.05, 4.69) is 62.9 Å². The second-order valence-electron chi connectivity index (χ2n) is 4.99. The van der Waals surface area contributed by atoms with Gasteiger partial charge in [0.2, 0.25) is 0 Å². The first kappa shape index (κ1) is 14.4. The van der Waals surface area contributed by atoms with Gasteiger partial charge in [0, 0.05) is 18.8 Å². The predicted octanol–water partition coefficient (Wildman–Crippen LogP) is 4.94. The molecule has 0 bridgehead atoms. The Morgan fingerprint density at radius 1 is 0.850 bits per heavy atom. The summed E-state index contributed by atoms with van der Waals surface area (Å²) in [6, 6.07) is 14.5. The maximum absolute atomic E-state index is 6.02. The molecule has 0 N–H and O–H groups in total. The van der Waals surface area contributed by atoms with Gasteiger partial charge in [-0.3, -0.25) is 0 Å². The van der Waals surface area contributed by atoms with Gasteiger partial charge in [0.25, 0.3) is 0 Å². The molecular formula is C18H23NO. The fraction of sp³-hybridized carbons (Fsp3) is 0.333. The summed E-state index contributed by atoms with van der Waals surface area (Å²) in [7, 11) is 0. The van der Waals surface area contributed by atoms with Crippen molar-refractivity contribution < 1.29 is 4.74 Å². The van der Waals surface area contributed by atoms with E-state index < -0.39 is 0 Å². The molecule has 0 saturated heterocycles. The molecule has 0 unspecified atom stereocenters. The van der Waals surface area contributed by atoms with E-state index in [0.717, 1.165) is 35.7 Å². The second kappa shape index (κ2) is 6.47. The summed E-state index contributed by atoms with van der Waals surface area (Å²) in [4.78, 5) is 2.32. The van der Waals surface area contributed by atoms with Crippen molar-refractivity contribution in [2.24, 2.45) is 0 Å². The highest BCUT2D eigenvalue weighted by atomic mass is 16.5. The first-order valence-electron chi connectivity index (χ1n) is 7.24. The van der Waals surface area contributed by atoms with E-state index in [1.54, 1.807) is 0 Å². The molecule has 0 atom stereocenters. The Balaban J connectivity index is 2.19. The molecule has 2 aromatic carbocycles. The SMILES string of the molecule is CCN(CC)c1ccc(Oc2c(C)cccc2C)cc1. The molecule has 0 amide bonds. The van der Waals surface area contributed by atoms with E-state index in [0.29, 0.717) is 0 Å². The van der Waals surface area contributed by atoms with Crippen LogP contribution in [-0.2, 0) is 0 Å². The van der Waals surface area contributed by atoms with E-state index in [1.165, 1.54) is 5.69 Å². The van der Waals surface area contributed by atoms with Crippen molar-refractivity contribution in [1.82, 2.24) is 0 Å². The van der Waals surface area contributed by atoms with Gasteiger partial charge in [0.15, 0.2) is 0 Å². The van der Waals surface area contributed by atoms with E-state index in [1.807, 2.05) is 12.1 Å². The molecule has 0 aromatic heterocycles. The summed E-state index contributed by atoms with van der Waals surface area (Å²) in [5.74, 6) is 1.85. The molecule has 2 nitrogen and oxygen atoms in total. The summed E-state index contributed by atoms with van der Waals surface area (Å²) >= 11 is 0. The minimum absolute atomic E-state index is 0.887. The van der Waals surface area contributed by atoms with Crippen LogP contribution in [0.5, 0.6) is 11.5 Å². The Morgan fingerprint density at radius 2 is 1.40 bits per heavy atom. The van der Waals surface area contributed by atoms with Gasteiger partial charge in [-0.05, 0) is 63.1 Å². The van der Waals surface area contributed by atoms with Crippen molar-refractivity contribution in [3.63, 3.8) is 0 Å². The normalized spacial score (nSPS) is 10.4. The fourth-order valence-electron chi connectivity index (χ4n) is 2.39. The molecule has 0 fully saturated rings. The van der Waals surface area contributed by atoms with Crippen molar-refractivity contribution in [1.29, 1.82) is 0 Å². The van der Waals surface area contributed by atoms with Crippen molar-refractivity contribution in [2.45, 2.75) is 27.7 Å². The number of rotatable bonds is 5. The summed E-state index contributed by atoms with van der Waals surface area (Å²) in [6.45, 7) is 10.5. The number of hydrogen-bond donors (Lipinski definition) is 0. The van der Waals surface area contributed by atoms with Crippen LogP contribution in [0.15, 0.2) is 42.5 Å². The summed E-state index contributed by atoms with van der Waals surface area (Å²) in [5, 5.41) is 0. The first-order valence-corrected chi connectivity index (χ1v) is 7.24. The number of benzene rings is 2. The zero-order valence-electron chi connectivity index (χ0n) is 12.8. The Hall–Kier alpha value is -1.96. The van der Waals surface area contributed by atoms with Crippen LogP contribution in [0.2, 0.25) is 0 Å². The van der Waals surface area contributed by atoms with Gasteiger partial charge in [0.05, 0.1) is 0 Å². The molecule has 2 rings (SSSR count). The maximum Gasteiger partial charge on any atom is 0.133 e. The summed E-state index contributed by atoms with van der Waals surface area (Å²) in [6.07, 6.45) is 0. The lowest BCUT2D eigenvalue weighted by molar-refractivity contribution is 0.475. The van der Waals surface area contributed by atoms with E-state index in [4.69, 9.17) is 4.74 Å². The minimum atomic E-state index is 0.887. The zero-order chi connectivity index (χ0) is 14.5. The van der Waals surface area contributed by atoms with Crippen LogP contribution in [0, 0.1) is 13.8 Å². The van der Waals surface area contributed by atoms with Crippen LogP contribution in [0.3, 0.4) is 0 Å². The zero-order valence-corrected chi connectivity index (χ0v) is 12.8. The standard InChI is InChI=1S/C18H23NO/c1-5-19(6-2)16-10-12-17(13-11-16)20-18-14(3)8-7-9-15(18)4/h7-13H,5-6H2,1-4H3. The van der Waals surface area contributed by atoms with Gasteiger partial charge >= 0.3 is 0 Å². The lowest BCUT2D eigenvalue weighted by Gasteiger charge is -2.21. The second-order valence-corrected chi connectivity index (χ2v) is 4.99. The molecule has 106 valence electrons. The number of nitrogens with zero attached hydrogens (tertiary/aromatic N) is 1. The Labute approximate surface area is 122 Å². The van der Waals surface area contributed by atoms with Gasteiger partial charge in [-0.1, -0.05) is 18.2 Å². The number of para-hydroxylation sites is 1. The van der Waals surface area contributed by atoms with Crippen LogP contribution in [-0.4, -0.2) is 13.1 Å². The number of anilines is 1. The van der Waals surface area contributed by atoms with Gasteiger partial charge in [0.1, 0.15) is 11.5 Å². The molecule has 0 spiro atoms. The number of aryl methyl sites for hydroxylation is 2. The van der Waals surface area contributed by atoms with Crippen molar-refractivity contribution >= 4 is 5.69 Å². The van der Waals surface area contributed by atoms with E-state index >= 15 is 0 Å². The third-order valence-electron chi connectivity index (χ3n) is 3.59. The van der Waals surface area contributed by atoms with Crippen LogP contribution in [0.25, 0.3) is 0 Å². The highest BCUT2D eigenvalue weighted by Gasteiger charge is 2.06. The molecule has 2 aromatic rings. The van der Waals surface area contributed by atoms with Gasteiger partial charge < -0.3 is 9.64 Å². The largest absolute Gasteiger partial charge is 0.457 e. The lowest BCUT2D eigenvalue weighted by Crippen LogP contribution is -2.21. The third-order valence-corrected chi connectivity index (χ3v) is 3.59. The Kier molecular flexibility index (Phi) is 4.67. The van der Waals surface area contributed by atoms with Crippen LogP contribution in [0.4, 0.5) is 5.69 Å². The average Bonchev–Trinajstić information content (AvgIpc) is 2.46. The number of ether oxygens (including phenoxy) is 1. The van der Waals surface area contributed by atoms with Crippen molar-refractivity contribution in [3.05, 3.63) is 53.6 Å². The molecule has 2 heteroatoms. The highest BCUT2D eigenvalue weighted by Crippen LogP contribution is 2.29. The fourth-order valence-corrected chi connectivity index (χ4v) is 2.39. The lowest BCUT2D eigenvalue weighted by atomic mass is 10.1. The molecule has 0 saturated carbocycles. The van der Waals surface area contributed by atoms with Gasteiger partial charge in [-0.25, -0.2) is 0 Å². The van der Waals surface area contributed by atoms with Gasteiger partial charge in [-0.2, -0.15) is 0 Å². The smallest absolute Gasteiger partial charge is 0.133 e. The van der Waals surface area contributed by atoms with Crippen LogP contribution in [0.1, 0.15) is 25.0 Å². The molecule has 0 aliphatic carbocycles. The van der Waals surface area contributed by atoms with Crippen molar-refractivity contribution in [3.8, 4) is 11.5 Å². The molecular weight excluding hydrogens is 246 g/mol. The molecule has 0 aliphatic heterocycles.